The van der Waals surface area contributed by atoms with E-state index in [1.54, 1.807) is 6.92 Å². The summed E-state index contributed by atoms with van der Waals surface area (Å²) in [4.78, 5) is 0. The van der Waals surface area contributed by atoms with Crippen LogP contribution >= 0.6 is 0 Å². The van der Waals surface area contributed by atoms with Crippen LogP contribution in [-0.2, 0) is 6.42 Å². The summed E-state index contributed by atoms with van der Waals surface area (Å²) in [5.74, 6) is 0.801. The molecule has 3 nitrogen and oxygen atoms in total. The summed E-state index contributed by atoms with van der Waals surface area (Å²) >= 11 is 0. The van der Waals surface area contributed by atoms with E-state index in [9.17, 15) is 0 Å². The van der Waals surface area contributed by atoms with Crippen molar-refractivity contribution in [2.24, 2.45) is 0 Å². The Bertz CT molecular complexity index is 436. The number of hydrogen-bond acceptors (Lipinski definition) is 3. The lowest BCUT2D eigenvalue weighted by Gasteiger charge is -2.25. The number of rotatable bonds is 3. The molecule has 0 fully saturated rings. The highest BCUT2D eigenvalue weighted by atomic mass is 16.5. The molecule has 1 aromatic rings. The van der Waals surface area contributed by atoms with Crippen molar-refractivity contribution in [2.45, 2.75) is 38.3 Å². The molecule has 2 atom stereocenters. The molecule has 0 heterocycles. The molecule has 3 heteroatoms. The van der Waals surface area contributed by atoms with Gasteiger partial charge in [-0.1, -0.05) is 6.07 Å². The Morgan fingerprint density at radius 3 is 3.06 bits per heavy atom. The lowest BCUT2D eigenvalue weighted by molar-refractivity contribution is 0.276. The summed E-state index contributed by atoms with van der Waals surface area (Å²) < 4.78 is 5.52. The number of aryl methyl sites for hydroxylation is 1. The van der Waals surface area contributed by atoms with Crippen LogP contribution in [0.25, 0.3) is 0 Å². The number of nitrogens with zero attached hydrogens (tertiary/aromatic N) is 1. The number of benzene rings is 1. The summed E-state index contributed by atoms with van der Waals surface area (Å²) in [5, 5.41) is 12.1. The summed E-state index contributed by atoms with van der Waals surface area (Å²) in [6.07, 6.45) is 3.11. The van der Waals surface area contributed by atoms with Crippen LogP contribution in [0.4, 0.5) is 0 Å². The van der Waals surface area contributed by atoms with Gasteiger partial charge < -0.3 is 10.1 Å². The summed E-state index contributed by atoms with van der Waals surface area (Å²) in [6.45, 7) is 1.76. The fourth-order valence-electron chi connectivity index (χ4n) is 2.39. The highest BCUT2D eigenvalue weighted by Gasteiger charge is 2.19. The number of nitrogens with one attached hydrogen (secondary N) is 1. The molecule has 0 aromatic heterocycles. The van der Waals surface area contributed by atoms with Gasteiger partial charge in [-0.25, -0.2) is 0 Å². The molecule has 0 radical (unpaired) electrons. The van der Waals surface area contributed by atoms with Crippen LogP contribution in [0.2, 0.25) is 0 Å². The molecule has 1 aliphatic rings. The fraction of sp³-hybridized carbons (Fsp3) is 0.500. The van der Waals surface area contributed by atoms with Gasteiger partial charge in [-0.2, -0.15) is 5.26 Å². The molecule has 0 saturated carbocycles. The smallest absolute Gasteiger partial charge is 0.181 e. The van der Waals surface area contributed by atoms with Crippen LogP contribution < -0.4 is 10.1 Å². The molecule has 0 amide bonds. The molecule has 0 aliphatic heterocycles. The first kappa shape index (κ1) is 11.9. The van der Waals surface area contributed by atoms with Crippen LogP contribution in [-0.4, -0.2) is 13.2 Å². The standard InChI is InChI=1S/C14H18N2O/c1-10(9-15)17-12-6-7-13-11(8-12)4-3-5-14(13)16-2/h6-8,10,14,16H,3-5H2,1-2H3. The Balaban J connectivity index is 2.22. The van der Waals surface area contributed by atoms with Crippen molar-refractivity contribution in [3.05, 3.63) is 29.3 Å². The first-order valence-electron chi connectivity index (χ1n) is 6.11. The quantitative estimate of drug-likeness (QED) is 0.868. The van der Waals surface area contributed by atoms with E-state index < -0.39 is 6.10 Å². The zero-order valence-corrected chi connectivity index (χ0v) is 10.4. The number of ether oxygens (including phenoxy) is 1. The second kappa shape index (κ2) is 5.20. The van der Waals surface area contributed by atoms with Gasteiger partial charge in [0.2, 0.25) is 0 Å². The molecule has 2 rings (SSSR count). The minimum absolute atomic E-state index is 0.392. The molecule has 0 bridgehead atoms. The third-order valence-corrected chi connectivity index (χ3v) is 3.27. The van der Waals surface area contributed by atoms with Crippen molar-refractivity contribution in [3.8, 4) is 11.8 Å². The first-order valence-corrected chi connectivity index (χ1v) is 6.11. The second-order valence-electron chi connectivity index (χ2n) is 4.48. The van der Waals surface area contributed by atoms with E-state index in [2.05, 4.69) is 23.5 Å². The van der Waals surface area contributed by atoms with Crippen LogP contribution in [0.15, 0.2) is 18.2 Å². The molecule has 2 unspecified atom stereocenters. The summed E-state index contributed by atoms with van der Waals surface area (Å²) in [7, 11) is 2.00. The van der Waals surface area contributed by atoms with E-state index in [0.29, 0.717) is 6.04 Å². The Labute approximate surface area is 102 Å². The van der Waals surface area contributed by atoms with Gasteiger partial charge in [0.05, 0.1) is 0 Å². The number of fused-ring (bicyclic) bond motifs is 1. The lowest BCUT2D eigenvalue weighted by Crippen LogP contribution is -2.21. The zero-order valence-electron chi connectivity index (χ0n) is 10.4. The molecule has 1 N–H and O–H groups in total. The summed E-state index contributed by atoms with van der Waals surface area (Å²) in [6, 6.07) is 8.70. The van der Waals surface area contributed by atoms with E-state index in [-0.39, 0.29) is 0 Å². The summed E-state index contributed by atoms with van der Waals surface area (Å²) in [5.41, 5.74) is 2.72. The van der Waals surface area contributed by atoms with Crippen molar-refractivity contribution in [3.63, 3.8) is 0 Å². The highest BCUT2D eigenvalue weighted by molar-refractivity contribution is 5.39. The molecule has 0 spiro atoms. The first-order chi connectivity index (χ1) is 8.24. The number of nitriles is 1. The molecular formula is C14H18N2O. The van der Waals surface area contributed by atoms with Crippen LogP contribution in [0, 0.1) is 11.3 Å². The van der Waals surface area contributed by atoms with Crippen molar-refractivity contribution in [2.75, 3.05) is 7.05 Å². The SMILES string of the molecule is CNC1CCCc2cc(OC(C)C#N)ccc21. The predicted octanol–water partition coefficient (Wildman–Crippen LogP) is 2.57. The fourth-order valence-corrected chi connectivity index (χ4v) is 2.39. The molecular weight excluding hydrogens is 212 g/mol. The predicted molar refractivity (Wildman–Crippen MR) is 66.9 cm³/mol. The maximum Gasteiger partial charge on any atom is 0.181 e. The van der Waals surface area contributed by atoms with Gasteiger partial charge in [-0.05, 0) is 56.5 Å². The molecule has 0 saturated heterocycles. The van der Waals surface area contributed by atoms with Gasteiger partial charge >= 0.3 is 0 Å². The van der Waals surface area contributed by atoms with Crippen molar-refractivity contribution < 1.29 is 4.74 Å². The molecule has 17 heavy (non-hydrogen) atoms. The van der Waals surface area contributed by atoms with Crippen molar-refractivity contribution in [1.29, 1.82) is 5.26 Å². The average Bonchev–Trinajstić information content (AvgIpc) is 2.37. The topological polar surface area (TPSA) is 45.0 Å². The maximum absolute atomic E-state index is 8.73. The number of hydrogen-bond donors (Lipinski definition) is 1. The van der Waals surface area contributed by atoms with Gasteiger partial charge in [0.15, 0.2) is 6.10 Å². The Morgan fingerprint density at radius 2 is 2.35 bits per heavy atom. The highest BCUT2D eigenvalue weighted by Crippen LogP contribution is 2.32. The monoisotopic (exact) mass is 230 g/mol. The third kappa shape index (κ3) is 2.59. The molecule has 90 valence electrons. The Morgan fingerprint density at radius 1 is 1.53 bits per heavy atom. The molecule has 1 aromatic carbocycles. The third-order valence-electron chi connectivity index (χ3n) is 3.27. The van der Waals surface area contributed by atoms with E-state index in [1.165, 1.54) is 24.0 Å². The van der Waals surface area contributed by atoms with Gasteiger partial charge in [-0.3, -0.25) is 0 Å². The van der Waals surface area contributed by atoms with Gasteiger partial charge in [-0.15, -0.1) is 0 Å². The van der Waals surface area contributed by atoms with Crippen molar-refractivity contribution >= 4 is 0 Å². The van der Waals surface area contributed by atoms with Crippen LogP contribution in [0.3, 0.4) is 0 Å². The van der Waals surface area contributed by atoms with Crippen molar-refractivity contribution in [1.82, 2.24) is 5.32 Å². The largest absolute Gasteiger partial charge is 0.476 e. The maximum atomic E-state index is 8.73. The minimum Gasteiger partial charge on any atom is -0.476 e. The van der Waals surface area contributed by atoms with E-state index in [0.717, 1.165) is 12.2 Å². The Kier molecular flexibility index (Phi) is 3.65. The normalized spacial score (nSPS) is 20.2. The van der Waals surface area contributed by atoms with E-state index in [1.807, 2.05) is 13.1 Å². The lowest BCUT2D eigenvalue weighted by atomic mass is 9.87. The molecule has 1 aliphatic carbocycles. The van der Waals surface area contributed by atoms with E-state index >= 15 is 0 Å². The zero-order chi connectivity index (χ0) is 12.3. The minimum atomic E-state index is -0.392. The van der Waals surface area contributed by atoms with Gasteiger partial charge in [0.25, 0.3) is 0 Å². The van der Waals surface area contributed by atoms with E-state index in [4.69, 9.17) is 10.00 Å². The van der Waals surface area contributed by atoms with Gasteiger partial charge in [0.1, 0.15) is 11.8 Å². The average molecular weight is 230 g/mol. The second-order valence-corrected chi connectivity index (χ2v) is 4.48. The van der Waals surface area contributed by atoms with Crippen LogP contribution in [0.1, 0.15) is 36.9 Å². The van der Waals surface area contributed by atoms with Gasteiger partial charge in [0, 0.05) is 6.04 Å². The Hall–Kier alpha value is -1.53. The van der Waals surface area contributed by atoms with Crippen LogP contribution in [0.5, 0.6) is 5.75 Å².